The summed E-state index contributed by atoms with van der Waals surface area (Å²) < 4.78 is 12.6. The molecule has 1 aliphatic heterocycles. The van der Waals surface area contributed by atoms with Gasteiger partial charge >= 0.3 is 0 Å². The largest absolute Gasteiger partial charge is 0.490 e. The minimum Gasteiger partial charge on any atom is -0.490 e. The number of halogens is 3. The van der Waals surface area contributed by atoms with Gasteiger partial charge in [0.2, 0.25) is 0 Å². The molecule has 1 aliphatic rings. The molecule has 0 atom stereocenters. The van der Waals surface area contributed by atoms with E-state index in [0.717, 1.165) is 22.4 Å². The van der Waals surface area contributed by atoms with Crippen molar-refractivity contribution in [3.63, 3.8) is 0 Å². The maximum atomic E-state index is 12.5. The zero-order valence-corrected chi connectivity index (χ0v) is 22.8. The van der Waals surface area contributed by atoms with Crippen LogP contribution in [0.5, 0.6) is 11.5 Å². The van der Waals surface area contributed by atoms with E-state index in [1.165, 1.54) is 11.8 Å². The van der Waals surface area contributed by atoms with E-state index in [0.29, 0.717) is 42.7 Å². The second-order valence-corrected chi connectivity index (χ2v) is 10.3. The van der Waals surface area contributed by atoms with Gasteiger partial charge < -0.3 is 14.8 Å². The van der Waals surface area contributed by atoms with Crippen molar-refractivity contribution in [3.05, 3.63) is 90.7 Å². The highest BCUT2D eigenvalue weighted by atomic mass is 79.9. The molecule has 1 N–H and O–H groups in total. The van der Waals surface area contributed by atoms with E-state index in [4.69, 9.17) is 32.7 Å². The van der Waals surface area contributed by atoms with Crippen molar-refractivity contribution < 1.29 is 14.3 Å². The number of nitrogens with zero attached hydrogens (tertiary/aromatic N) is 1. The molecule has 0 unspecified atom stereocenters. The minimum absolute atomic E-state index is 0.201. The summed E-state index contributed by atoms with van der Waals surface area (Å²) in [5.74, 6) is 0.897. The molecule has 0 aliphatic carbocycles. The molecule has 0 bridgehead atoms. The van der Waals surface area contributed by atoms with Gasteiger partial charge in [0.05, 0.1) is 21.7 Å². The molecule has 1 heterocycles. The second-order valence-electron chi connectivity index (χ2n) is 7.60. The first kappa shape index (κ1) is 25.6. The number of rotatable bonds is 7. The fraction of sp³-hybridized carbons (Fsp3) is 0.154. The minimum atomic E-state index is -0.201. The molecule has 3 aromatic rings. The standard InChI is InChI=1S/C26H21BrCl2N2O3S/c1-3-33-22-11-16(10-20(27)24(22)34-14-17-6-7-18(28)13-21(17)29)12-23-25(32)31-26(35-23)30-19-8-4-15(2)5-9-19/h4-13H,3,14H2,1-2H3,(H,30,31,32)/b23-12-. The summed E-state index contributed by atoms with van der Waals surface area (Å²) in [7, 11) is 0. The average molecular weight is 592 g/mol. The molecular formula is C26H21BrCl2N2O3S. The van der Waals surface area contributed by atoms with Crippen molar-refractivity contribution >= 4 is 73.7 Å². The van der Waals surface area contributed by atoms with Gasteiger partial charge in [0, 0.05) is 15.6 Å². The Morgan fingerprint density at radius 2 is 1.86 bits per heavy atom. The lowest BCUT2D eigenvalue weighted by atomic mass is 10.1. The highest BCUT2D eigenvalue weighted by molar-refractivity contribution is 9.10. The molecular weight excluding hydrogens is 571 g/mol. The molecule has 1 fully saturated rings. The number of thioether (sulfide) groups is 1. The number of carbonyl (C=O) groups excluding carboxylic acids is 1. The third kappa shape index (κ3) is 6.61. The van der Waals surface area contributed by atoms with Crippen LogP contribution in [-0.4, -0.2) is 17.7 Å². The number of ether oxygens (including phenoxy) is 2. The first-order valence-electron chi connectivity index (χ1n) is 10.7. The van der Waals surface area contributed by atoms with Crippen LogP contribution < -0.4 is 14.8 Å². The number of carbonyl (C=O) groups is 1. The zero-order chi connectivity index (χ0) is 24.9. The van der Waals surface area contributed by atoms with Crippen LogP contribution in [0.4, 0.5) is 5.69 Å². The average Bonchev–Trinajstić information content (AvgIpc) is 3.14. The number of nitrogens with one attached hydrogen (secondary N) is 1. The van der Waals surface area contributed by atoms with Crippen LogP contribution in [0.3, 0.4) is 0 Å². The molecule has 180 valence electrons. The lowest BCUT2D eigenvalue weighted by Crippen LogP contribution is -2.19. The lowest BCUT2D eigenvalue weighted by molar-refractivity contribution is -0.115. The van der Waals surface area contributed by atoms with Crippen LogP contribution in [0, 0.1) is 6.92 Å². The van der Waals surface area contributed by atoms with E-state index in [1.54, 1.807) is 18.2 Å². The van der Waals surface area contributed by atoms with Crippen LogP contribution in [0.1, 0.15) is 23.6 Å². The van der Waals surface area contributed by atoms with Crippen LogP contribution in [0.15, 0.2) is 69.0 Å². The van der Waals surface area contributed by atoms with Gasteiger partial charge in [-0.2, -0.15) is 0 Å². The number of hydrogen-bond acceptors (Lipinski definition) is 5. The Morgan fingerprint density at radius 1 is 1.09 bits per heavy atom. The molecule has 0 aromatic heterocycles. The van der Waals surface area contributed by atoms with Gasteiger partial charge in [0.1, 0.15) is 6.61 Å². The normalized spacial score (nSPS) is 15.5. The molecule has 1 amide bonds. The van der Waals surface area contributed by atoms with Crippen LogP contribution in [0.2, 0.25) is 10.0 Å². The number of amidine groups is 1. The van der Waals surface area contributed by atoms with Gasteiger partial charge in [0.25, 0.3) is 5.91 Å². The third-order valence-electron chi connectivity index (χ3n) is 4.93. The number of hydrogen-bond donors (Lipinski definition) is 1. The Hall–Kier alpha value is -2.45. The second kappa shape index (κ2) is 11.5. The molecule has 0 saturated carbocycles. The fourth-order valence-corrected chi connectivity index (χ4v) is 5.11. The van der Waals surface area contributed by atoms with Crippen molar-refractivity contribution in [1.82, 2.24) is 5.32 Å². The fourth-order valence-electron chi connectivity index (χ4n) is 3.23. The number of amides is 1. The smallest absolute Gasteiger partial charge is 0.264 e. The molecule has 0 radical (unpaired) electrons. The molecule has 35 heavy (non-hydrogen) atoms. The van der Waals surface area contributed by atoms with Gasteiger partial charge in [-0.1, -0.05) is 47.0 Å². The maximum Gasteiger partial charge on any atom is 0.264 e. The van der Waals surface area contributed by atoms with Crippen LogP contribution in [0.25, 0.3) is 6.08 Å². The van der Waals surface area contributed by atoms with Crippen molar-refractivity contribution in [1.29, 1.82) is 0 Å². The molecule has 3 aromatic carbocycles. The summed E-state index contributed by atoms with van der Waals surface area (Å²) in [6.07, 6.45) is 1.80. The predicted molar refractivity (Wildman–Crippen MR) is 148 cm³/mol. The van der Waals surface area contributed by atoms with E-state index in [1.807, 2.05) is 56.3 Å². The molecule has 0 spiro atoms. The van der Waals surface area contributed by atoms with Crippen molar-refractivity contribution in [2.75, 3.05) is 6.61 Å². The van der Waals surface area contributed by atoms with E-state index in [9.17, 15) is 4.79 Å². The Labute approximate surface area is 226 Å². The van der Waals surface area contributed by atoms with Crippen LogP contribution >= 0.6 is 50.9 Å². The van der Waals surface area contributed by atoms with Crippen molar-refractivity contribution in [2.45, 2.75) is 20.5 Å². The Morgan fingerprint density at radius 3 is 2.57 bits per heavy atom. The van der Waals surface area contributed by atoms with Crippen LogP contribution in [-0.2, 0) is 11.4 Å². The topological polar surface area (TPSA) is 59.9 Å². The Kier molecular flexibility index (Phi) is 8.44. The summed E-state index contributed by atoms with van der Waals surface area (Å²) in [5.41, 5.74) is 3.52. The predicted octanol–water partition coefficient (Wildman–Crippen LogP) is 7.93. The maximum absolute atomic E-state index is 12.5. The van der Waals surface area contributed by atoms with Gasteiger partial charge in [-0.05, 0) is 89.6 Å². The van der Waals surface area contributed by atoms with E-state index in [-0.39, 0.29) is 12.5 Å². The first-order valence-corrected chi connectivity index (χ1v) is 13.1. The van der Waals surface area contributed by atoms with Gasteiger partial charge in [-0.15, -0.1) is 0 Å². The quantitative estimate of drug-likeness (QED) is 0.283. The summed E-state index contributed by atoms with van der Waals surface area (Å²) in [6, 6.07) is 16.8. The van der Waals surface area contributed by atoms with Gasteiger partial charge in [-0.25, -0.2) is 4.99 Å². The summed E-state index contributed by atoms with van der Waals surface area (Å²) in [6.45, 7) is 4.61. The zero-order valence-electron chi connectivity index (χ0n) is 18.9. The summed E-state index contributed by atoms with van der Waals surface area (Å²) in [4.78, 5) is 17.6. The summed E-state index contributed by atoms with van der Waals surface area (Å²) in [5, 5.41) is 4.44. The highest BCUT2D eigenvalue weighted by Crippen LogP contribution is 2.39. The van der Waals surface area contributed by atoms with Crippen molar-refractivity contribution in [3.8, 4) is 11.5 Å². The third-order valence-corrected chi connectivity index (χ3v) is 7.02. The molecule has 9 heteroatoms. The van der Waals surface area contributed by atoms with E-state index in [2.05, 4.69) is 26.2 Å². The Bertz CT molecular complexity index is 1330. The SMILES string of the molecule is CCOc1cc(/C=C2\SC(=Nc3ccc(C)cc3)NC2=O)cc(Br)c1OCc1ccc(Cl)cc1Cl. The van der Waals surface area contributed by atoms with Crippen molar-refractivity contribution in [2.24, 2.45) is 4.99 Å². The summed E-state index contributed by atoms with van der Waals surface area (Å²) >= 11 is 17.1. The molecule has 1 saturated heterocycles. The van der Waals surface area contributed by atoms with E-state index < -0.39 is 0 Å². The molecule has 5 nitrogen and oxygen atoms in total. The lowest BCUT2D eigenvalue weighted by Gasteiger charge is -2.15. The monoisotopic (exact) mass is 590 g/mol. The first-order chi connectivity index (χ1) is 16.8. The number of aryl methyl sites for hydroxylation is 1. The van der Waals surface area contributed by atoms with Gasteiger partial charge in [0.15, 0.2) is 16.7 Å². The van der Waals surface area contributed by atoms with Gasteiger partial charge in [-0.3, -0.25) is 4.79 Å². The number of benzene rings is 3. The Balaban J connectivity index is 1.56. The van der Waals surface area contributed by atoms with E-state index >= 15 is 0 Å². The highest BCUT2D eigenvalue weighted by Gasteiger charge is 2.24. The molecule has 4 rings (SSSR count). The number of aliphatic imine (C=N–C) groups is 1.